The highest BCUT2D eigenvalue weighted by molar-refractivity contribution is 7.92. The topological polar surface area (TPSA) is 85.1 Å². The fourth-order valence-electron chi connectivity index (χ4n) is 1.40. The summed E-state index contributed by atoms with van der Waals surface area (Å²) in [5.41, 5.74) is 4.84. The van der Waals surface area contributed by atoms with Crippen molar-refractivity contribution in [2.24, 2.45) is 0 Å². The minimum absolute atomic E-state index is 0.0803. The number of pyridine rings is 1. The summed E-state index contributed by atoms with van der Waals surface area (Å²) in [4.78, 5) is 2.91. The van der Waals surface area contributed by atoms with Crippen molar-refractivity contribution in [3.05, 3.63) is 47.2 Å². The van der Waals surface area contributed by atoms with Crippen LogP contribution in [0, 0.1) is 11.6 Å². The zero-order valence-electron chi connectivity index (χ0n) is 9.77. The first-order valence-corrected chi connectivity index (χ1v) is 7.04. The Labute approximate surface area is 118 Å². The van der Waals surface area contributed by atoms with Gasteiger partial charge in [-0.05, 0) is 18.2 Å². The average Bonchev–Trinajstić information content (AvgIpc) is 2.36. The molecular weight excluding hydrogens is 312 g/mol. The lowest BCUT2D eigenvalue weighted by atomic mass is 10.3. The van der Waals surface area contributed by atoms with Crippen LogP contribution in [0.1, 0.15) is 0 Å². The summed E-state index contributed by atoms with van der Waals surface area (Å²) in [7, 11) is -4.25. The van der Waals surface area contributed by atoms with Gasteiger partial charge in [0.2, 0.25) is 0 Å². The van der Waals surface area contributed by atoms with E-state index in [4.69, 9.17) is 17.3 Å². The molecule has 2 rings (SSSR count). The van der Waals surface area contributed by atoms with Crippen LogP contribution >= 0.6 is 11.6 Å². The highest BCUT2D eigenvalue weighted by Crippen LogP contribution is 2.23. The zero-order valence-corrected chi connectivity index (χ0v) is 11.3. The van der Waals surface area contributed by atoms with Gasteiger partial charge in [0.05, 0.1) is 17.6 Å². The van der Waals surface area contributed by atoms with E-state index in [0.717, 1.165) is 6.20 Å². The first kappa shape index (κ1) is 14.5. The predicted octanol–water partition coefficient (Wildman–Crippen LogP) is 2.40. The van der Waals surface area contributed by atoms with Crippen molar-refractivity contribution in [3.63, 3.8) is 0 Å². The molecule has 1 aromatic heterocycles. The number of rotatable bonds is 3. The van der Waals surface area contributed by atoms with E-state index < -0.39 is 32.2 Å². The van der Waals surface area contributed by atoms with Crippen LogP contribution in [0.15, 0.2) is 35.4 Å². The Bertz CT molecular complexity index is 751. The molecule has 0 aliphatic heterocycles. The van der Waals surface area contributed by atoms with E-state index in [1.54, 1.807) is 0 Å². The van der Waals surface area contributed by atoms with Crippen LogP contribution in [-0.2, 0) is 10.0 Å². The molecule has 1 heterocycles. The van der Waals surface area contributed by atoms with Gasteiger partial charge in [0, 0.05) is 6.07 Å². The predicted molar refractivity (Wildman–Crippen MR) is 70.8 cm³/mol. The molecular formula is C11H8ClF2N3O2S. The Balaban J connectivity index is 2.40. The first-order chi connectivity index (χ1) is 9.29. The standard InChI is InChI=1S/C11H8ClF2N3O2S/c12-11-2-1-6(5-16-11)17-20(18,19)10-4-9(15)7(13)3-8(10)14/h1-5,17H,15H2. The fraction of sp³-hybridized carbons (Fsp3) is 0. The molecule has 0 spiro atoms. The highest BCUT2D eigenvalue weighted by atomic mass is 35.5. The average molecular weight is 320 g/mol. The SMILES string of the molecule is Nc1cc(S(=O)(=O)Nc2ccc(Cl)nc2)c(F)cc1F. The summed E-state index contributed by atoms with van der Waals surface area (Å²) in [5.74, 6) is -2.28. The van der Waals surface area contributed by atoms with Gasteiger partial charge in [-0.15, -0.1) is 0 Å². The van der Waals surface area contributed by atoms with Crippen molar-refractivity contribution in [2.45, 2.75) is 4.90 Å². The number of nitrogens with two attached hydrogens (primary N) is 1. The van der Waals surface area contributed by atoms with E-state index in [0.29, 0.717) is 12.1 Å². The molecule has 0 saturated carbocycles. The van der Waals surface area contributed by atoms with E-state index in [2.05, 4.69) is 9.71 Å². The number of hydrogen-bond acceptors (Lipinski definition) is 4. The lowest BCUT2D eigenvalue weighted by Crippen LogP contribution is -2.15. The molecule has 0 fully saturated rings. The smallest absolute Gasteiger partial charge is 0.264 e. The summed E-state index contributed by atoms with van der Waals surface area (Å²) < 4.78 is 52.6. The summed E-state index contributed by atoms with van der Waals surface area (Å²) in [5, 5.41) is 0.171. The third kappa shape index (κ3) is 2.97. The van der Waals surface area contributed by atoms with Crippen molar-refractivity contribution in [1.29, 1.82) is 0 Å². The van der Waals surface area contributed by atoms with Crippen molar-refractivity contribution in [3.8, 4) is 0 Å². The Hall–Kier alpha value is -1.93. The van der Waals surface area contributed by atoms with Crippen LogP contribution in [-0.4, -0.2) is 13.4 Å². The molecule has 0 radical (unpaired) electrons. The monoisotopic (exact) mass is 319 g/mol. The molecule has 9 heteroatoms. The zero-order chi connectivity index (χ0) is 14.9. The lowest BCUT2D eigenvalue weighted by molar-refractivity contribution is 0.553. The normalized spacial score (nSPS) is 11.3. The third-order valence-corrected chi connectivity index (χ3v) is 3.94. The molecule has 0 bridgehead atoms. The largest absolute Gasteiger partial charge is 0.396 e. The molecule has 0 saturated heterocycles. The van der Waals surface area contributed by atoms with Gasteiger partial charge in [0.25, 0.3) is 10.0 Å². The Morgan fingerprint density at radius 2 is 1.90 bits per heavy atom. The summed E-state index contributed by atoms with van der Waals surface area (Å²) in [6.07, 6.45) is 1.16. The summed E-state index contributed by atoms with van der Waals surface area (Å²) in [6.45, 7) is 0. The van der Waals surface area contributed by atoms with E-state index in [9.17, 15) is 17.2 Å². The molecule has 0 amide bonds. The van der Waals surface area contributed by atoms with Gasteiger partial charge in [-0.3, -0.25) is 4.72 Å². The van der Waals surface area contributed by atoms with Crippen molar-refractivity contribution in [2.75, 3.05) is 10.5 Å². The van der Waals surface area contributed by atoms with E-state index in [1.807, 2.05) is 0 Å². The van der Waals surface area contributed by atoms with Gasteiger partial charge in [-0.2, -0.15) is 0 Å². The molecule has 5 nitrogen and oxygen atoms in total. The number of nitrogens with one attached hydrogen (secondary N) is 1. The summed E-state index contributed by atoms with van der Waals surface area (Å²) in [6, 6.07) is 3.81. The second-order valence-electron chi connectivity index (χ2n) is 3.78. The maximum Gasteiger partial charge on any atom is 0.264 e. The van der Waals surface area contributed by atoms with Crippen molar-refractivity contribution in [1.82, 2.24) is 4.98 Å². The van der Waals surface area contributed by atoms with Crippen LogP contribution in [0.3, 0.4) is 0 Å². The Kier molecular flexibility index (Phi) is 3.78. The van der Waals surface area contributed by atoms with Crippen LogP contribution in [0.25, 0.3) is 0 Å². The van der Waals surface area contributed by atoms with Gasteiger partial charge in [0.15, 0.2) is 0 Å². The molecule has 1 aromatic carbocycles. The molecule has 106 valence electrons. The number of anilines is 2. The van der Waals surface area contributed by atoms with Crippen LogP contribution in [0.2, 0.25) is 5.15 Å². The molecule has 3 N–H and O–H groups in total. The van der Waals surface area contributed by atoms with E-state index >= 15 is 0 Å². The highest BCUT2D eigenvalue weighted by Gasteiger charge is 2.21. The number of nitrogens with zero attached hydrogens (tertiary/aromatic N) is 1. The Morgan fingerprint density at radius 1 is 1.20 bits per heavy atom. The van der Waals surface area contributed by atoms with Crippen molar-refractivity contribution >= 4 is 33.0 Å². The van der Waals surface area contributed by atoms with E-state index in [1.165, 1.54) is 12.1 Å². The Morgan fingerprint density at radius 3 is 2.50 bits per heavy atom. The maximum atomic E-state index is 13.5. The molecule has 2 aromatic rings. The van der Waals surface area contributed by atoms with Crippen LogP contribution in [0.5, 0.6) is 0 Å². The van der Waals surface area contributed by atoms with Gasteiger partial charge >= 0.3 is 0 Å². The molecule has 0 aliphatic carbocycles. The first-order valence-electron chi connectivity index (χ1n) is 5.18. The lowest BCUT2D eigenvalue weighted by Gasteiger charge is -2.09. The number of aromatic nitrogens is 1. The molecule has 20 heavy (non-hydrogen) atoms. The van der Waals surface area contributed by atoms with Gasteiger partial charge in [0.1, 0.15) is 21.7 Å². The number of sulfonamides is 1. The third-order valence-electron chi connectivity index (χ3n) is 2.32. The second kappa shape index (κ2) is 5.22. The minimum atomic E-state index is -4.25. The fourth-order valence-corrected chi connectivity index (χ4v) is 2.65. The second-order valence-corrected chi connectivity index (χ2v) is 5.82. The van der Waals surface area contributed by atoms with Crippen LogP contribution < -0.4 is 10.5 Å². The number of hydrogen-bond donors (Lipinski definition) is 2. The minimum Gasteiger partial charge on any atom is -0.396 e. The number of benzene rings is 1. The van der Waals surface area contributed by atoms with Gasteiger partial charge in [-0.25, -0.2) is 22.2 Å². The number of nitrogen functional groups attached to an aromatic ring is 1. The molecule has 0 atom stereocenters. The summed E-state index contributed by atoms with van der Waals surface area (Å²) >= 11 is 5.56. The van der Waals surface area contributed by atoms with E-state index in [-0.39, 0.29) is 10.8 Å². The molecule has 0 unspecified atom stereocenters. The number of halogens is 3. The quantitative estimate of drug-likeness (QED) is 0.672. The van der Waals surface area contributed by atoms with Crippen LogP contribution in [0.4, 0.5) is 20.2 Å². The maximum absolute atomic E-state index is 13.5. The van der Waals surface area contributed by atoms with Crippen molar-refractivity contribution < 1.29 is 17.2 Å². The van der Waals surface area contributed by atoms with Gasteiger partial charge in [-0.1, -0.05) is 11.6 Å². The molecule has 0 aliphatic rings. The van der Waals surface area contributed by atoms with Gasteiger partial charge < -0.3 is 5.73 Å².